The van der Waals surface area contributed by atoms with Crippen molar-refractivity contribution in [2.24, 2.45) is 0 Å². The second-order valence-electron chi connectivity index (χ2n) is 6.15. The van der Waals surface area contributed by atoms with Gasteiger partial charge >= 0.3 is 0 Å². The molecule has 3 nitrogen and oxygen atoms in total. The summed E-state index contributed by atoms with van der Waals surface area (Å²) in [5, 5.41) is 0.816. The smallest absolute Gasteiger partial charge is 0.133 e. The molecule has 0 spiro atoms. The van der Waals surface area contributed by atoms with Crippen LogP contribution in [0.3, 0.4) is 0 Å². The van der Waals surface area contributed by atoms with Gasteiger partial charge in [0.1, 0.15) is 5.75 Å². The Bertz CT molecular complexity index is 687. The third-order valence-electron chi connectivity index (χ3n) is 4.38. The Morgan fingerprint density at radius 1 is 0.958 bits per heavy atom. The molecule has 1 heterocycles. The van der Waals surface area contributed by atoms with Crippen LogP contribution in [0.25, 0.3) is 0 Å². The highest BCUT2D eigenvalue weighted by atomic mass is 79.9. The second kappa shape index (κ2) is 8.34. The molecule has 0 unspecified atom stereocenters. The average molecular weight is 410 g/mol. The van der Waals surface area contributed by atoms with Gasteiger partial charge in [0.05, 0.1) is 11.6 Å². The van der Waals surface area contributed by atoms with E-state index in [0.717, 1.165) is 54.5 Å². The zero-order valence-electron chi connectivity index (χ0n) is 13.8. The van der Waals surface area contributed by atoms with Gasteiger partial charge in [0, 0.05) is 44.3 Å². The van der Waals surface area contributed by atoms with Crippen LogP contribution < -0.4 is 4.74 Å². The van der Waals surface area contributed by atoms with E-state index in [2.05, 4.69) is 50.0 Å². The van der Waals surface area contributed by atoms with Crippen LogP contribution in [-0.4, -0.2) is 43.1 Å². The topological polar surface area (TPSA) is 15.7 Å². The normalized spacial score (nSPS) is 16.3. The lowest BCUT2D eigenvalue weighted by molar-refractivity contribution is 0.122. The summed E-state index contributed by atoms with van der Waals surface area (Å²) in [6, 6.07) is 14.5. The summed E-state index contributed by atoms with van der Waals surface area (Å²) >= 11 is 9.63. The highest BCUT2D eigenvalue weighted by molar-refractivity contribution is 9.10. The van der Waals surface area contributed by atoms with Gasteiger partial charge in [-0.25, -0.2) is 0 Å². The molecule has 1 saturated heterocycles. The molecule has 5 heteroatoms. The summed E-state index contributed by atoms with van der Waals surface area (Å²) in [6.45, 7) is 6.30. The maximum absolute atomic E-state index is 6.07. The van der Waals surface area contributed by atoms with Gasteiger partial charge in [-0.15, -0.1) is 0 Å². The number of ether oxygens (including phenoxy) is 1. The molecule has 0 aliphatic carbocycles. The van der Waals surface area contributed by atoms with Crippen LogP contribution in [0.1, 0.15) is 11.1 Å². The van der Waals surface area contributed by atoms with Crippen molar-refractivity contribution in [2.75, 3.05) is 33.3 Å². The third kappa shape index (κ3) is 4.73. The fourth-order valence-electron chi connectivity index (χ4n) is 3.07. The molecule has 2 aromatic carbocycles. The minimum absolute atomic E-state index is 0.816. The van der Waals surface area contributed by atoms with Gasteiger partial charge in [-0.1, -0.05) is 29.8 Å². The van der Waals surface area contributed by atoms with E-state index in [1.165, 1.54) is 11.1 Å². The Kier molecular flexibility index (Phi) is 6.17. The van der Waals surface area contributed by atoms with Gasteiger partial charge < -0.3 is 4.74 Å². The summed E-state index contributed by atoms with van der Waals surface area (Å²) in [5.41, 5.74) is 2.60. The molecule has 0 radical (unpaired) electrons. The number of methoxy groups -OCH3 is 1. The number of rotatable bonds is 5. The summed E-state index contributed by atoms with van der Waals surface area (Å²) < 4.78 is 6.31. The summed E-state index contributed by atoms with van der Waals surface area (Å²) in [7, 11) is 1.69. The summed E-state index contributed by atoms with van der Waals surface area (Å²) in [6.07, 6.45) is 0. The fourth-order valence-corrected chi connectivity index (χ4v) is 3.87. The number of benzene rings is 2. The van der Waals surface area contributed by atoms with Crippen molar-refractivity contribution in [3.63, 3.8) is 0 Å². The first-order valence-corrected chi connectivity index (χ1v) is 9.33. The first-order chi connectivity index (χ1) is 11.6. The van der Waals surface area contributed by atoms with E-state index in [1.807, 2.05) is 18.2 Å². The van der Waals surface area contributed by atoms with Crippen molar-refractivity contribution in [2.45, 2.75) is 13.1 Å². The number of nitrogens with zero attached hydrogens (tertiary/aromatic N) is 2. The van der Waals surface area contributed by atoms with Crippen LogP contribution >= 0.6 is 27.5 Å². The van der Waals surface area contributed by atoms with Crippen molar-refractivity contribution in [1.82, 2.24) is 9.80 Å². The molecular formula is C19H22BrClN2O. The van der Waals surface area contributed by atoms with E-state index >= 15 is 0 Å². The SMILES string of the molecule is COc1ccc(CN2CCN(Cc3cccc(Cl)c3)CC2)cc1Br. The van der Waals surface area contributed by atoms with Gasteiger partial charge in [-0.2, -0.15) is 0 Å². The van der Waals surface area contributed by atoms with Crippen molar-refractivity contribution in [1.29, 1.82) is 0 Å². The monoisotopic (exact) mass is 408 g/mol. The Balaban J connectivity index is 1.51. The molecule has 128 valence electrons. The molecule has 0 saturated carbocycles. The quantitative estimate of drug-likeness (QED) is 0.726. The molecule has 3 rings (SSSR count). The first kappa shape index (κ1) is 17.7. The second-order valence-corrected chi connectivity index (χ2v) is 7.44. The van der Waals surface area contributed by atoms with Gasteiger partial charge in [0.25, 0.3) is 0 Å². The fraction of sp³-hybridized carbons (Fsp3) is 0.368. The zero-order chi connectivity index (χ0) is 16.9. The first-order valence-electron chi connectivity index (χ1n) is 8.15. The highest BCUT2D eigenvalue weighted by Crippen LogP contribution is 2.26. The molecule has 0 bridgehead atoms. The zero-order valence-corrected chi connectivity index (χ0v) is 16.2. The highest BCUT2D eigenvalue weighted by Gasteiger charge is 2.17. The minimum Gasteiger partial charge on any atom is -0.496 e. The average Bonchev–Trinajstić information content (AvgIpc) is 2.57. The van der Waals surface area contributed by atoms with Crippen molar-refractivity contribution >= 4 is 27.5 Å². The lowest BCUT2D eigenvalue weighted by Crippen LogP contribution is -2.45. The molecule has 0 atom stereocenters. The summed E-state index contributed by atoms with van der Waals surface area (Å²) in [5.74, 6) is 0.880. The van der Waals surface area contributed by atoms with Crippen LogP contribution in [0.4, 0.5) is 0 Å². The number of hydrogen-bond acceptors (Lipinski definition) is 3. The van der Waals surface area contributed by atoms with Crippen LogP contribution in [0, 0.1) is 0 Å². The van der Waals surface area contributed by atoms with E-state index in [0.29, 0.717) is 0 Å². The van der Waals surface area contributed by atoms with Crippen molar-refractivity contribution < 1.29 is 4.74 Å². The maximum atomic E-state index is 6.07. The van der Waals surface area contributed by atoms with Crippen molar-refractivity contribution in [3.8, 4) is 5.75 Å². The van der Waals surface area contributed by atoms with E-state index in [-0.39, 0.29) is 0 Å². The van der Waals surface area contributed by atoms with E-state index < -0.39 is 0 Å². The summed E-state index contributed by atoms with van der Waals surface area (Å²) in [4.78, 5) is 4.99. The van der Waals surface area contributed by atoms with Gasteiger partial charge in [0.2, 0.25) is 0 Å². The van der Waals surface area contributed by atoms with Gasteiger partial charge in [-0.05, 0) is 51.3 Å². The standard InChI is InChI=1S/C19H22BrClN2O/c1-24-19-6-5-16(12-18(19)20)14-23-9-7-22(8-10-23)13-15-3-2-4-17(21)11-15/h2-6,11-12H,7-10,13-14H2,1H3. The number of piperazine rings is 1. The third-order valence-corrected chi connectivity index (χ3v) is 5.24. The van der Waals surface area contributed by atoms with E-state index in [4.69, 9.17) is 16.3 Å². The lowest BCUT2D eigenvalue weighted by Gasteiger charge is -2.34. The molecule has 2 aromatic rings. The van der Waals surface area contributed by atoms with E-state index in [9.17, 15) is 0 Å². The minimum atomic E-state index is 0.816. The number of hydrogen-bond donors (Lipinski definition) is 0. The molecule has 0 aromatic heterocycles. The molecule has 0 amide bonds. The largest absolute Gasteiger partial charge is 0.496 e. The van der Waals surface area contributed by atoms with Crippen LogP contribution in [0.2, 0.25) is 5.02 Å². The van der Waals surface area contributed by atoms with E-state index in [1.54, 1.807) is 7.11 Å². The molecule has 1 fully saturated rings. The van der Waals surface area contributed by atoms with Gasteiger partial charge in [-0.3, -0.25) is 9.80 Å². The molecular weight excluding hydrogens is 388 g/mol. The van der Waals surface area contributed by atoms with Gasteiger partial charge in [0.15, 0.2) is 0 Å². The predicted molar refractivity (Wildman–Crippen MR) is 103 cm³/mol. The molecule has 1 aliphatic rings. The van der Waals surface area contributed by atoms with Crippen molar-refractivity contribution in [3.05, 3.63) is 63.1 Å². The lowest BCUT2D eigenvalue weighted by atomic mass is 10.1. The van der Waals surface area contributed by atoms with Crippen LogP contribution in [0.5, 0.6) is 5.75 Å². The predicted octanol–water partition coefficient (Wildman–Crippen LogP) is 4.43. The number of halogens is 2. The maximum Gasteiger partial charge on any atom is 0.133 e. The molecule has 0 N–H and O–H groups in total. The molecule has 24 heavy (non-hydrogen) atoms. The molecule has 1 aliphatic heterocycles. The Morgan fingerprint density at radius 2 is 1.58 bits per heavy atom. The Hall–Kier alpha value is -1.07. The Morgan fingerprint density at radius 3 is 2.12 bits per heavy atom. The van der Waals surface area contributed by atoms with Crippen LogP contribution in [0.15, 0.2) is 46.9 Å². The van der Waals surface area contributed by atoms with Crippen LogP contribution in [-0.2, 0) is 13.1 Å². The Labute approximate surface area is 157 Å².